The summed E-state index contributed by atoms with van der Waals surface area (Å²) in [6, 6.07) is 0.455. The molecule has 1 aliphatic carbocycles. The molecule has 4 heteroatoms. The molecule has 106 valence electrons. The van der Waals surface area contributed by atoms with Gasteiger partial charge in [-0.3, -0.25) is 4.79 Å². The number of carbonyl (C=O) groups excluding carboxylic acids is 1. The van der Waals surface area contributed by atoms with Crippen LogP contribution in [0.15, 0.2) is 0 Å². The monoisotopic (exact) mass is 274 g/mol. The number of rotatable bonds is 3. The zero-order chi connectivity index (χ0) is 12.1. The molecule has 0 bridgehead atoms. The van der Waals surface area contributed by atoms with Crippen molar-refractivity contribution in [2.75, 3.05) is 13.1 Å². The minimum Gasteiger partial charge on any atom is -0.353 e. The standard InChI is InChI=1S/C14H26N2O.ClH/c1-2-11-4-3-5-13(10-11)16-14(17)12-6-8-15-9-7-12;/h11-13,15H,2-10H2,1H3,(H,16,17);1H. The molecule has 0 spiro atoms. The summed E-state index contributed by atoms with van der Waals surface area (Å²) >= 11 is 0. The van der Waals surface area contributed by atoms with Gasteiger partial charge in [0.05, 0.1) is 0 Å². The Labute approximate surface area is 117 Å². The van der Waals surface area contributed by atoms with Gasteiger partial charge in [-0.25, -0.2) is 0 Å². The lowest BCUT2D eigenvalue weighted by Crippen LogP contribution is -2.44. The first-order chi connectivity index (χ1) is 8.29. The first kappa shape index (κ1) is 15.8. The summed E-state index contributed by atoms with van der Waals surface area (Å²) in [5, 5.41) is 6.60. The molecule has 2 unspecified atom stereocenters. The Kier molecular flexibility index (Phi) is 7.02. The molecule has 3 nitrogen and oxygen atoms in total. The number of halogens is 1. The third kappa shape index (κ3) is 4.43. The van der Waals surface area contributed by atoms with Gasteiger partial charge >= 0.3 is 0 Å². The first-order valence-electron chi connectivity index (χ1n) is 7.30. The molecule has 2 aliphatic rings. The van der Waals surface area contributed by atoms with Gasteiger partial charge in [0.1, 0.15) is 0 Å². The SMILES string of the molecule is CCC1CCCC(NC(=O)C2CCNCC2)C1.Cl. The Bertz CT molecular complexity index is 254. The molecule has 1 heterocycles. The molecular weight excluding hydrogens is 248 g/mol. The fraction of sp³-hybridized carbons (Fsp3) is 0.929. The number of nitrogens with one attached hydrogen (secondary N) is 2. The predicted octanol–water partition coefficient (Wildman–Crippen LogP) is 2.49. The molecule has 1 amide bonds. The van der Waals surface area contributed by atoms with Crippen molar-refractivity contribution in [2.45, 2.75) is 57.9 Å². The van der Waals surface area contributed by atoms with E-state index in [-0.39, 0.29) is 18.3 Å². The highest BCUT2D eigenvalue weighted by molar-refractivity contribution is 5.85. The molecule has 2 rings (SSSR count). The van der Waals surface area contributed by atoms with Gasteiger partial charge in [-0.05, 0) is 44.7 Å². The van der Waals surface area contributed by atoms with Gasteiger partial charge in [-0.1, -0.05) is 26.2 Å². The second kappa shape index (κ2) is 8.00. The number of piperidine rings is 1. The molecule has 2 N–H and O–H groups in total. The van der Waals surface area contributed by atoms with E-state index in [1.165, 1.54) is 32.1 Å². The van der Waals surface area contributed by atoms with E-state index in [4.69, 9.17) is 0 Å². The number of carbonyl (C=O) groups is 1. The average molecular weight is 275 g/mol. The maximum Gasteiger partial charge on any atom is 0.223 e. The molecule has 0 aromatic rings. The van der Waals surface area contributed by atoms with Crippen molar-refractivity contribution < 1.29 is 4.79 Å². The van der Waals surface area contributed by atoms with E-state index in [2.05, 4.69) is 17.6 Å². The molecule has 1 saturated heterocycles. The van der Waals surface area contributed by atoms with Crippen molar-refractivity contribution in [1.29, 1.82) is 0 Å². The Morgan fingerprint density at radius 1 is 1.22 bits per heavy atom. The van der Waals surface area contributed by atoms with Gasteiger partial charge in [0.15, 0.2) is 0 Å². The summed E-state index contributed by atoms with van der Waals surface area (Å²) in [6.45, 7) is 4.27. The number of hydrogen-bond donors (Lipinski definition) is 2. The fourth-order valence-electron chi connectivity index (χ4n) is 3.20. The minimum atomic E-state index is 0. The Hall–Kier alpha value is -0.280. The summed E-state index contributed by atoms with van der Waals surface area (Å²) in [4.78, 5) is 12.1. The highest BCUT2D eigenvalue weighted by atomic mass is 35.5. The zero-order valence-electron chi connectivity index (χ0n) is 11.4. The zero-order valence-corrected chi connectivity index (χ0v) is 12.2. The second-order valence-corrected chi connectivity index (χ2v) is 5.67. The molecular formula is C14H27ClN2O. The lowest BCUT2D eigenvalue weighted by atomic mass is 9.84. The van der Waals surface area contributed by atoms with Gasteiger partial charge in [0.2, 0.25) is 5.91 Å². The Morgan fingerprint density at radius 3 is 2.61 bits per heavy atom. The van der Waals surface area contributed by atoms with Crippen molar-refractivity contribution in [3.63, 3.8) is 0 Å². The third-order valence-corrected chi connectivity index (χ3v) is 4.42. The quantitative estimate of drug-likeness (QED) is 0.830. The smallest absolute Gasteiger partial charge is 0.223 e. The molecule has 2 atom stereocenters. The predicted molar refractivity (Wildman–Crippen MR) is 77.0 cm³/mol. The maximum atomic E-state index is 12.1. The molecule has 0 aromatic carbocycles. The molecule has 0 aromatic heterocycles. The van der Waals surface area contributed by atoms with Crippen LogP contribution < -0.4 is 10.6 Å². The number of amides is 1. The topological polar surface area (TPSA) is 41.1 Å². The minimum absolute atomic E-state index is 0. The van der Waals surface area contributed by atoms with E-state index in [9.17, 15) is 4.79 Å². The van der Waals surface area contributed by atoms with Crippen LogP contribution in [0.5, 0.6) is 0 Å². The second-order valence-electron chi connectivity index (χ2n) is 5.67. The first-order valence-corrected chi connectivity index (χ1v) is 7.30. The molecule has 1 aliphatic heterocycles. The van der Waals surface area contributed by atoms with Crippen molar-refractivity contribution in [3.05, 3.63) is 0 Å². The van der Waals surface area contributed by atoms with Crippen LogP contribution in [0.25, 0.3) is 0 Å². The van der Waals surface area contributed by atoms with Gasteiger partial charge < -0.3 is 10.6 Å². The summed E-state index contributed by atoms with van der Waals surface area (Å²) in [6.07, 6.45) is 8.32. The van der Waals surface area contributed by atoms with E-state index >= 15 is 0 Å². The summed E-state index contributed by atoms with van der Waals surface area (Å²) in [5.41, 5.74) is 0. The Balaban J connectivity index is 0.00000162. The van der Waals surface area contributed by atoms with E-state index in [1.807, 2.05) is 0 Å². The van der Waals surface area contributed by atoms with E-state index in [0.717, 1.165) is 31.8 Å². The van der Waals surface area contributed by atoms with Crippen molar-refractivity contribution in [2.24, 2.45) is 11.8 Å². The fourth-order valence-corrected chi connectivity index (χ4v) is 3.20. The van der Waals surface area contributed by atoms with Crippen LogP contribution in [0.1, 0.15) is 51.9 Å². The van der Waals surface area contributed by atoms with Crippen LogP contribution >= 0.6 is 12.4 Å². The maximum absolute atomic E-state index is 12.1. The molecule has 0 radical (unpaired) electrons. The van der Waals surface area contributed by atoms with Crippen LogP contribution in [-0.2, 0) is 4.79 Å². The highest BCUT2D eigenvalue weighted by Crippen LogP contribution is 2.27. The van der Waals surface area contributed by atoms with Crippen molar-refractivity contribution in [1.82, 2.24) is 10.6 Å². The lowest BCUT2D eigenvalue weighted by Gasteiger charge is -2.31. The summed E-state index contributed by atoms with van der Waals surface area (Å²) < 4.78 is 0. The lowest BCUT2D eigenvalue weighted by molar-refractivity contribution is -0.126. The average Bonchev–Trinajstić information content (AvgIpc) is 2.40. The largest absolute Gasteiger partial charge is 0.353 e. The van der Waals surface area contributed by atoms with Gasteiger partial charge in [-0.15, -0.1) is 12.4 Å². The van der Waals surface area contributed by atoms with Crippen LogP contribution in [0.3, 0.4) is 0 Å². The van der Waals surface area contributed by atoms with E-state index < -0.39 is 0 Å². The summed E-state index contributed by atoms with van der Waals surface area (Å²) in [5.74, 6) is 1.41. The van der Waals surface area contributed by atoms with Gasteiger partial charge in [0.25, 0.3) is 0 Å². The molecule has 1 saturated carbocycles. The highest BCUT2D eigenvalue weighted by Gasteiger charge is 2.26. The van der Waals surface area contributed by atoms with E-state index in [1.54, 1.807) is 0 Å². The molecule has 2 fully saturated rings. The third-order valence-electron chi connectivity index (χ3n) is 4.42. The van der Waals surface area contributed by atoms with E-state index in [0.29, 0.717) is 11.9 Å². The van der Waals surface area contributed by atoms with Crippen LogP contribution in [0.2, 0.25) is 0 Å². The number of hydrogen-bond acceptors (Lipinski definition) is 2. The molecule has 18 heavy (non-hydrogen) atoms. The van der Waals surface area contributed by atoms with Crippen LogP contribution in [-0.4, -0.2) is 25.0 Å². The summed E-state index contributed by atoms with van der Waals surface area (Å²) in [7, 11) is 0. The van der Waals surface area contributed by atoms with Crippen molar-refractivity contribution >= 4 is 18.3 Å². The Morgan fingerprint density at radius 2 is 1.94 bits per heavy atom. The van der Waals surface area contributed by atoms with Gasteiger partial charge in [-0.2, -0.15) is 0 Å². The van der Waals surface area contributed by atoms with Crippen LogP contribution in [0, 0.1) is 11.8 Å². The van der Waals surface area contributed by atoms with Crippen LogP contribution in [0.4, 0.5) is 0 Å². The van der Waals surface area contributed by atoms with Gasteiger partial charge in [0, 0.05) is 12.0 Å². The van der Waals surface area contributed by atoms with Crippen molar-refractivity contribution in [3.8, 4) is 0 Å². The normalized spacial score (nSPS) is 29.4.